The maximum atomic E-state index is 10.8. The van der Waals surface area contributed by atoms with E-state index < -0.39 is 5.60 Å². The summed E-state index contributed by atoms with van der Waals surface area (Å²) in [4.78, 5) is 2.33. The summed E-state index contributed by atoms with van der Waals surface area (Å²) in [5, 5.41) is 14.2. The smallest absolute Gasteiger partial charge is 0.122 e. The molecule has 1 atom stereocenters. The molecule has 1 aromatic rings. The van der Waals surface area contributed by atoms with Gasteiger partial charge in [-0.05, 0) is 43.0 Å². The number of piperazine rings is 1. The molecule has 0 bridgehead atoms. The van der Waals surface area contributed by atoms with Gasteiger partial charge in [-0.1, -0.05) is 6.07 Å². The first kappa shape index (κ1) is 13.9. The predicted molar refractivity (Wildman–Crippen MR) is 79.1 cm³/mol. The van der Waals surface area contributed by atoms with Gasteiger partial charge in [-0.25, -0.2) is 0 Å². The van der Waals surface area contributed by atoms with Crippen molar-refractivity contribution in [3.8, 4) is 5.75 Å². The summed E-state index contributed by atoms with van der Waals surface area (Å²) in [5.41, 5.74) is 1.43. The third kappa shape index (κ3) is 2.97. The fourth-order valence-electron chi connectivity index (χ4n) is 3.09. The average molecular weight is 276 g/mol. The third-order valence-corrected chi connectivity index (χ3v) is 4.27. The molecule has 20 heavy (non-hydrogen) atoms. The minimum absolute atomic E-state index is 0.689. The summed E-state index contributed by atoms with van der Waals surface area (Å²) in [6.45, 7) is 7.44. The summed E-state index contributed by atoms with van der Waals surface area (Å²) in [6, 6.07) is 6.14. The van der Waals surface area contributed by atoms with Crippen LogP contribution in [0.2, 0.25) is 0 Å². The topological polar surface area (TPSA) is 44.7 Å². The monoisotopic (exact) mass is 276 g/mol. The Morgan fingerprint density at radius 2 is 2.15 bits per heavy atom. The molecule has 1 fully saturated rings. The fraction of sp³-hybridized carbons (Fsp3) is 0.625. The molecular weight excluding hydrogens is 252 g/mol. The first-order valence-electron chi connectivity index (χ1n) is 7.57. The molecule has 0 spiro atoms. The predicted octanol–water partition coefficient (Wildman–Crippen LogP) is 1.12. The second kappa shape index (κ2) is 5.72. The number of β-amino-alcohol motifs (C(OH)–C–C–N with tert-alkyl or cyclic N) is 1. The van der Waals surface area contributed by atoms with E-state index in [-0.39, 0.29) is 0 Å². The molecule has 0 aliphatic carbocycles. The highest BCUT2D eigenvalue weighted by atomic mass is 16.5. The van der Waals surface area contributed by atoms with Gasteiger partial charge in [0.05, 0.1) is 12.2 Å². The van der Waals surface area contributed by atoms with Gasteiger partial charge in [0.1, 0.15) is 5.75 Å². The molecule has 0 radical (unpaired) electrons. The van der Waals surface area contributed by atoms with Crippen LogP contribution in [0, 0.1) is 0 Å². The fourth-order valence-corrected chi connectivity index (χ4v) is 3.09. The zero-order valence-corrected chi connectivity index (χ0v) is 12.2. The average Bonchev–Trinajstić information content (AvgIpc) is 2.47. The van der Waals surface area contributed by atoms with Gasteiger partial charge in [0.2, 0.25) is 0 Å². The summed E-state index contributed by atoms with van der Waals surface area (Å²) >= 11 is 0. The van der Waals surface area contributed by atoms with Gasteiger partial charge >= 0.3 is 0 Å². The Kier molecular flexibility index (Phi) is 3.96. The van der Waals surface area contributed by atoms with Crippen molar-refractivity contribution < 1.29 is 9.84 Å². The van der Waals surface area contributed by atoms with E-state index in [9.17, 15) is 5.11 Å². The summed E-state index contributed by atoms with van der Waals surface area (Å²) < 4.78 is 5.64. The molecule has 1 saturated heterocycles. The van der Waals surface area contributed by atoms with Crippen molar-refractivity contribution >= 4 is 0 Å². The molecule has 0 amide bonds. The molecule has 3 rings (SSSR count). The van der Waals surface area contributed by atoms with Gasteiger partial charge in [-0.2, -0.15) is 0 Å². The number of aliphatic hydroxyl groups is 1. The minimum Gasteiger partial charge on any atom is -0.493 e. The summed E-state index contributed by atoms with van der Waals surface area (Å²) in [7, 11) is 0. The van der Waals surface area contributed by atoms with Crippen LogP contribution < -0.4 is 10.1 Å². The van der Waals surface area contributed by atoms with E-state index in [1.807, 2.05) is 19.1 Å². The quantitative estimate of drug-likeness (QED) is 0.868. The van der Waals surface area contributed by atoms with Crippen molar-refractivity contribution in [2.75, 3.05) is 39.3 Å². The highest BCUT2D eigenvalue weighted by Gasteiger charge is 2.28. The second-order valence-corrected chi connectivity index (χ2v) is 6.07. The first-order valence-corrected chi connectivity index (χ1v) is 7.57. The number of hydrogen-bond acceptors (Lipinski definition) is 4. The molecule has 2 N–H and O–H groups in total. The number of nitrogens with one attached hydrogen (secondary N) is 1. The first-order chi connectivity index (χ1) is 9.65. The van der Waals surface area contributed by atoms with Crippen molar-refractivity contribution in [3.05, 3.63) is 29.3 Å². The standard InChI is InChI=1S/C16H24N2O2/c1-16(19,12-18-8-6-17-7-9-18)14-4-5-15-13(11-14)3-2-10-20-15/h4-5,11,17,19H,2-3,6-10,12H2,1H3. The second-order valence-electron chi connectivity index (χ2n) is 6.07. The lowest BCUT2D eigenvalue weighted by Crippen LogP contribution is -2.48. The molecule has 1 unspecified atom stereocenters. The zero-order chi connectivity index (χ0) is 14.0. The highest BCUT2D eigenvalue weighted by molar-refractivity contribution is 5.40. The summed E-state index contributed by atoms with van der Waals surface area (Å²) in [6.07, 6.45) is 2.11. The van der Waals surface area contributed by atoms with E-state index in [1.165, 1.54) is 5.56 Å². The van der Waals surface area contributed by atoms with Gasteiger partial charge in [-0.15, -0.1) is 0 Å². The molecule has 2 aliphatic rings. The highest BCUT2D eigenvalue weighted by Crippen LogP contribution is 2.30. The van der Waals surface area contributed by atoms with Crippen LogP contribution in [0.3, 0.4) is 0 Å². The Hall–Kier alpha value is -1.10. The number of hydrogen-bond donors (Lipinski definition) is 2. The number of nitrogens with zero attached hydrogens (tertiary/aromatic N) is 1. The van der Waals surface area contributed by atoms with Crippen molar-refractivity contribution in [3.63, 3.8) is 0 Å². The van der Waals surface area contributed by atoms with Crippen molar-refractivity contribution in [2.45, 2.75) is 25.4 Å². The molecule has 4 nitrogen and oxygen atoms in total. The molecule has 0 aromatic heterocycles. The van der Waals surface area contributed by atoms with Gasteiger partial charge in [-0.3, -0.25) is 4.90 Å². The maximum absolute atomic E-state index is 10.8. The van der Waals surface area contributed by atoms with E-state index in [1.54, 1.807) is 0 Å². The van der Waals surface area contributed by atoms with Gasteiger partial charge in [0.15, 0.2) is 0 Å². The SMILES string of the molecule is CC(O)(CN1CCNCC1)c1ccc2c(c1)CCCO2. The Morgan fingerprint density at radius 1 is 1.35 bits per heavy atom. The molecule has 1 aromatic carbocycles. The van der Waals surface area contributed by atoms with Crippen LogP contribution in [0.25, 0.3) is 0 Å². The van der Waals surface area contributed by atoms with Crippen LogP contribution in [-0.4, -0.2) is 49.3 Å². The molecule has 110 valence electrons. The van der Waals surface area contributed by atoms with E-state index in [0.29, 0.717) is 6.54 Å². The van der Waals surface area contributed by atoms with Crippen LogP contribution in [0.1, 0.15) is 24.5 Å². The maximum Gasteiger partial charge on any atom is 0.122 e. The largest absolute Gasteiger partial charge is 0.493 e. The van der Waals surface area contributed by atoms with Crippen molar-refractivity contribution in [1.29, 1.82) is 0 Å². The number of fused-ring (bicyclic) bond motifs is 1. The lowest BCUT2D eigenvalue weighted by Gasteiger charge is -2.35. The molecule has 2 heterocycles. The molecule has 2 aliphatic heterocycles. The Labute approximate surface area is 120 Å². The number of ether oxygens (including phenoxy) is 1. The van der Waals surface area contributed by atoms with E-state index in [0.717, 1.165) is 56.9 Å². The van der Waals surface area contributed by atoms with Crippen LogP contribution in [0.4, 0.5) is 0 Å². The normalized spacial score (nSPS) is 22.7. The van der Waals surface area contributed by atoms with E-state index in [2.05, 4.69) is 16.3 Å². The van der Waals surface area contributed by atoms with Gasteiger partial charge in [0, 0.05) is 32.7 Å². The number of aryl methyl sites for hydroxylation is 1. The molecule has 0 saturated carbocycles. The van der Waals surface area contributed by atoms with Crippen LogP contribution in [-0.2, 0) is 12.0 Å². The summed E-state index contributed by atoms with van der Waals surface area (Å²) in [5.74, 6) is 0.984. The van der Waals surface area contributed by atoms with Crippen LogP contribution in [0.5, 0.6) is 5.75 Å². The van der Waals surface area contributed by atoms with Crippen molar-refractivity contribution in [1.82, 2.24) is 10.2 Å². The van der Waals surface area contributed by atoms with Gasteiger partial charge < -0.3 is 15.2 Å². The molecular formula is C16H24N2O2. The number of benzene rings is 1. The Balaban J connectivity index is 1.75. The molecule has 4 heteroatoms. The van der Waals surface area contributed by atoms with E-state index in [4.69, 9.17) is 4.74 Å². The third-order valence-electron chi connectivity index (χ3n) is 4.27. The van der Waals surface area contributed by atoms with Crippen LogP contribution >= 0.6 is 0 Å². The Morgan fingerprint density at radius 3 is 2.95 bits per heavy atom. The Bertz CT molecular complexity index is 468. The zero-order valence-electron chi connectivity index (χ0n) is 12.2. The van der Waals surface area contributed by atoms with Gasteiger partial charge in [0.25, 0.3) is 0 Å². The van der Waals surface area contributed by atoms with Crippen molar-refractivity contribution in [2.24, 2.45) is 0 Å². The lowest BCUT2D eigenvalue weighted by molar-refractivity contribution is 0.0125. The minimum atomic E-state index is -0.802. The van der Waals surface area contributed by atoms with Crippen LogP contribution in [0.15, 0.2) is 18.2 Å². The van der Waals surface area contributed by atoms with E-state index >= 15 is 0 Å². The lowest BCUT2D eigenvalue weighted by atomic mass is 9.91. The number of rotatable bonds is 3.